The Morgan fingerprint density at radius 2 is 2.15 bits per heavy atom. The molecule has 0 bridgehead atoms. The molecule has 1 rings (SSSR count). The Kier molecular flexibility index (Phi) is 3.00. The molecular formula is C8H6BrFO3. The number of rotatable bonds is 2. The van der Waals surface area contributed by atoms with E-state index in [1.54, 1.807) is 0 Å². The highest BCUT2D eigenvalue weighted by Crippen LogP contribution is 2.20. The van der Waals surface area contributed by atoms with Crippen molar-refractivity contribution in [2.45, 2.75) is 6.10 Å². The number of carboxylic acids is 1. The molecule has 0 aromatic heterocycles. The van der Waals surface area contributed by atoms with Crippen LogP contribution in [-0.2, 0) is 4.79 Å². The van der Waals surface area contributed by atoms with Gasteiger partial charge in [-0.3, -0.25) is 0 Å². The van der Waals surface area contributed by atoms with Crippen LogP contribution in [0.4, 0.5) is 4.39 Å². The smallest absolute Gasteiger partial charge is 0.337 e. The molecule has 2 N–H and O–H groups in total. The lowest BCUT2D eigenvalue weighted by Crippen LogP contribution is -2.10. The molecule has 0 spiro atoms. The number of benzene rings is 1. The number of carboxylic acid groups (broad SMARTS) is 1. The van der Waals surface area contributed by atoms with Gasteiger partial charge in [-0.25, -0.2) is 9.18 Å². The molecule has 70 valence electrons. The molecule has 3 nitrogen and oxygen atoms in total. The summed E-state index contributed by atoms with van der Waals surface area (Å²) in [7, 11) is 0. The minimum absolute atomic E-state index is 0.0215. The van der Waals surface area contributed by atoms with Crippen LogP contribution < -0.4 is 0 Å². The molecule has 0 saturated carbocycles. The van der Waals surface area contributed by atoms with Crippen molar-refractivity contribution in [2.75, 3.05) is 0 Å². The van der Waals surface area contributed by atoms with Crippen molar-refractivity contribution in [3.8, 4) is 0 Å². The van der Waals surface area contributed by atoms with E-state index in [1.807, 2.05) is 0 Å². The minimum atomic E-state index is -1.68. The molecular weight excluding hydrogens is 243 g/mol. The van der Waals surface area contributed by atoms with Crippen molar-refractivity contribution in [2.24, 2.45) is 0 Å². The van der Waals surface area contributed by atoms with Crippen LogP contribution in [0.25, 0.3) is 0 Å². The average Bonchev–Trinajstić information content (AvgIpc) is 2.08. The molecule has 0 saturated heterocycles. The van der Waals surface area contributed by atoms with Gasteiger partial charge in [0.1, 0.15) is 5.82 Å². The van der Waals surface area contributed by atoms with Gasteiger partial charge in [-0.15, -0.1) is 0 Å². The molecule has 1 aromatic carbocycles. The third-order valence-electron chi connectivity index (χ3n) is 1.49. The summed E-state index contributed by atoms with van der Waals surface area (Å²) in [5.41, 5.74) is 0.0215. The number of hydrogen-bond donors (Lipinski definition) is 2. The maximum absolute atomic E-state index is 12.9. The first-order chi connectivity index (χ1) is 6.02. The lowest BCUT2D eigenvalue weighted by Gasteiger charge is -2.05. The molecule has 0 radical (unpaired) electrons. The summed E-state index contributed by atoms with van der Waals surface area (Å²) in [5.74, 6) is -2.00. The van der Waals surface area contributed by atoms with Crippen LogP contribution in [0.2, 0.25) is 0 Å². The average molecular weight is 249 g/mol. The Balaban J connectivity index is 3.03. The van der Waals surface area contributed by atoms with Gasteiger partial charge >= 0.3 is 5.97 Å². The highest BCUT2D eigenvalue weighted by atomic mass is 79.9. The van der Waals surface area contributed by atoms with Gasteiger partial charge in [-0.1, -0.05) is 6.07 Å². The fourth-order valence-electron chi connectivity index (χ4n) is 0.825. The topological polar surface area (TPSA) is 57.5 Å². The molecule has 0 fully saturated rings. The Morgan fingerprint density at radius 1 is 1.54 bits per heavy atom. The summed E-state index contributed by atoms with van der Waals surface area (Å²) in [5, 5.41) is 17.4. The van der Waals surface area contributed by atoms with E-state index >= 15 is 0 Å². The van der Waals surface area contributed by atoms with Crippen LogP contribution in [0.3, 0.4) is 0 Å². The largest absolute Gasteiger partial charge is 0.479 e. The maximum atomic E-state index is 12.9. The summed E-state index contributed by atoms with van der Waals surface area (Å²) in [6.07, 6.45) is -1.68. The van der Waals surface area contributed by atoms with Crippen molar-refractivity contribution < 1.29 is 19.4 Å². The first-order valence-electron chi connectivity index (χ1n) is 3.38. The number of aliphatic hydroxyl groups is 1. The zero-order chi connectivity index (χ0) is 10.0. The van der Waals surface area contributed by atoms with Gasteiger partial charge in [0, 0.05) is 0 Å². The van der Waals surface area contributed by atoms with Crippen LogP contribution in [0, 0.1) is 5.82 Å². The number of hydrogen-bond acceptors (Lipinski definition) is 2. The fraction of sp³-hybridized carbons (Fsp3) is 0.125. The quantitative estimate of drug-likeness (QED) is 0.838. The van der Waals surface area contributed by atoms with Crippen molar-refractivity contribution in [1.82, 2.24) is 0 Å². The molecule has 13 heavy (non-hydrogen) atoms. The predicted molar refractivity (Wildman–Crippen MR) is 46.7 cm³/mol. The second-order valence-electron chi connectivity index (χ2n) is 2.41. The van der Waals surface area contributed by atoms with E-state index in [0.29, 0.717) is 0 Å². The number of halogens is 2. The monoisotopic (exact) mass is 248 g/mol. The first-order valence-corrected chi connectivity index (χ1v) is 4.17. The zero-order valence-corrected chi connectivity index (χ0v) is 7.95. The summed E-state index contributed by atoms with van der Waals surface area (Å²) < 4.78 is 13.1. The van der Waals surface area contributed by atoms with E-state index in [-0.39, 0.29) is 10.0 Å². The third-order valence-corrected chi connectivity index (χ3v) is 2.14. The van der Waals surface area contributed by atoms with Crippen LogP contribution in [0.1, 0.15) is 11.7 Å². The van der Waals surface area contributed by atoms with Gasteiger partial charge in [0.2, 0.25) is 0 Å². The highest BCUT2D eigenvalue weighted by Gasteiger charge is 2.16. The SMILES string of the molecule is O=C(O)[C@@H](O)c1ccc(Br)c(F)c1. The van der Waals surface area contributed by atoms with E-state index < -0.39 is 17.9 Å². The van der Waals surface area contributed by atoms with Gasteiger partial charge < -0.3 is 10.2 Å². The van der Waals surface area contributed by atoms with Crippen LogP contribution in [-0.4, -0.2) is 16.2 Å². The van der Waals surface area contributed by atoms with Gasteiger partial charge in [0.15, 0.2) is 6.10 Å². The van der Waals surface area contributed by atoms with Gasteiger partial charge in [-0.05, 0) is 33.6 Å². The standard InChI is InChI=1S/C8H6BrFO3/c9-5-2-1-4(3-6(5)10)7(11)8(12)13/h1-3,7,11H,(H,12,13)/t7-/m0/s1. The molecule has 0 amide bonds. The zero-order valence-electron chi connectivity index (χ0n) is 6.37. The molecule has 0 unspecified atom stereocenters. The lowest BCUT2D eigenvalue weighted by molar-refractivity contribution is -0.146. The molecule has 0 heterocycles. The van der Waals surface area contributed by atoms with Crippen LogP contribution >= 0.6 is 15.9 Å². The fourth-order valence-corrected chi connectivity index (χ4v) is 1.07. The van der Waals surface area contributed by atoms with E-state index in [1.165, 1.54) is 12.1 Å². The van der Waals surface area contributed by atoms with Crippen molar-refractivity contribution >= 4 is 21.9 Å². The van der Waals surface area contributed by atoms with E-state index in [2.05, 4.69) is 15.9 Å². The molecule has 0 aliphatic rings. The summed E-state index contributed by atoms with van der Waals surface area (Å²) in [4.78, 5) is 10.3. The Morgan fingerprint density at radius 3 is 2.62 bits per heavy atom. The number of aliphatic hydroxyl groups excluding tert-OH is 1. The Hall–Kier alpha value is -0.940. The second-order valence-corrected chi connectivity index (χ2v) is 3.27. The van der Waals surface area contributed by atoms with Gasteiger partial charge in [0.05, 0.1) is 4.47 Å². The number of aliphatic carboxylic acids is 1. The third kappa shape index (κ3) is 2.26. The molecule has 1 atom stereocenters. The van der Waals surface area contributed by atoms with E-state index in [9.17, 15) is 9.18 Å². The summed E-state index contributed by atoms with van der Waals surface area (Å²) >= 11 is 2.91. The summed E-state index contributed by atoms with van der Waals surface area (Å²) in [6, 6.07) is 3.66. The molecule has 5 heteroatoms. The van der Waals surface area contributed by atoms with E-state index in [4.69, 9.17) is 10.2 Å². The summed E-state index contributed by atoms with van der Waals surface area (Å²) in [6.45, 7) is 0. The predicted octanol–water partition coefficient (Wildman–Crippen LogP) is 1.71. The Bertz CT molecular complexity index is 340. The minimum Gasteiger partial charge on any atom is -0.479 e. The second kappa shape index (κ2) is 3.85. The molecule has 0 aliphatic carbocycles. The van der Waals surface area contributed by atoms with Crippen molar-refractivity contribution in [3.63, 3.8) is 0 Å². The lowest BCUT2D eigenvalue weighted by atomic mass is 10.1. The highest BCUT2D eigenvalue weighted by molar-refractivity contribution is 9.10. The van der Waals surface area contributed by atoms with Crippen molar-refractivity contribution in [1.29, 1.82) is 0 Å². The van der Waals surface area contributed by atoms with Crippen LogP contribution in [0.5, 0.6) is 0 Å². The van der Waals surface area contributed by atoms with Gasteiger partial charge in [0.25, 0.3) is 0 Å². The van der Waals surface area contributed by atoms with Crippen molar-refractivity contribution in [3.05, 3.63) is 34.1 Å². The molecule has 1 aromatic rings. The van der Waals surface area contributed by atoms with Gasteiger partial charge in [-0.2, -0.15) is 0 Å². The van der Waals surface area contributed by atoms with E-state index in [0.717, 1.165) is 6.07 Å². The Labute approximate surface area is 81.9 Å². The normalized spacial score (nSPS) is 12.5. The maximum Gasteiger partial charge on any atom is 0.337 e. The molecule has 0 aliphatic heterocycles. The van der Waals surface area contributed by atoms with Crippen LogP contribution in [0.15, 0.2) is 22.7 Å². The number of carbonyl (C=O) groups is 1. The first kappa shape index (κ1) is 10.1.